The fourth-order valence-corrected chi connectivity index (χ4v) is 1.95. The van der Waals surface area contributed by atoms with Crippen molar-refractivity contribution in [1.29, 1.82) is 0 Å². The van der Waals surface area contributed by atoms with Crippen molar-refractivity contribution in [2.45, 2.75) is 19.4 Å². The largest absolute Gasteiger partial charge is 0.487 e. The van der Waals surface area contributed by atoms with Crippen LogP contribution in [-0.4, -0.2) is 33.7 Å². The second-order valence-corrected chi connectivity index (χ2v) is 4.76. The highest BCUT2D eigenvalue weighted by molar-refractivity contribution is 5.93. The molecule has 0 spiro atoms. The molecular formula is C15H16N4O3. The molecule has 4 N–H and O–H groups in total. The van der Waals surface area contributed by atoms with Crippen LogP contribution in [0.1, 0.15) is 12.5 Å². The number of hydrogen-bond donors (Lipinski definition) is 3. The minimum absolute atomic E-state index is 0.0895. The number of aromatic amines is 1. The van der Waals surface area contributed by atoms with Gasteiger partial charge in [-0.2, -0.15) is 0 Å². The maximum Gasteiger partial charge on any atom is 0.247 e. The number of H-pyrrole nitrogens is 1. The van der Waals surface area contributed by atoms with E-state index in [1.54, 1.807) is 25.4 Å². The summed E-state index contributed by atoms with van der Waals surface area (Å²) in [5.41, 5.74) is 6.56. The van der Waals surface area contributed by atoms with E-state index in [-0.39, 0.29) is 18.4 Å². The molecular weight excluding hydrogens is 284 g/mol. The summed E-state index contributed by atoms with van der Waals surface area (Å²) >= 11 is 0. The number of fused-ring (bicyclic) bond motifs is 1. The van der Waals surface area contributed by atoms with Crippen molar-refractivity contribution < 1.29 is 14.6 Å². The van der Waals surface area contributed by atoms with Crippen LogP contribution in [0.5, 0.6) is 5.75 Å². The van der Waals surface area contributed by atoms with Gasteiger partial charge in [-0.25, -0.2) is 9.83 Å². The molecule has 0 aliphatic carbocycles. The smallest absolute Gasteiger partial charge is 0.247 e. The molecule has 0 saturated carbocycles. The third-order valence-corrected chi connectivity index (χ3v) is 3.07. The maximum atomic E-state index is 11.0. The fourth-order valence-electron chi connectivity index (χ4n) is 1.95. The molecule has 0 aliphatic heterocycles. The minimum Gasteiger partial charge on any atom is -0.487 e. The molecule has 0 saturated heterocycles. The Morgan fingerprint density at radius 2 is 2.45 bits per heavy atom. The number of aliphatic hydroxyl groups is 1. The summed E-state index contributed by atoms with van der Waals surface area (Å²) in [5.74, 6) is -0.201. The molecule has 0 fully saturated rings. The molecule has 7 heteroatoms. The lowest BCUT2D eigenvalue weighted by Gasteiger charge is -2.11. The van der Waals surface area contributed by atoms with E-state index in [1.165, 1.54) is 6.08 Å². The number of allylic oxidation sites excluding steroid dienone is 1. The molecule has 0 bridgehead atoms. The average Bonchev–Trinajstić information content (AvgIpc) is 2.90. The highest BCUT2D eigenvalue weighted by Crippen LogP contribution is 2.23. The number of aliphatic hydroxyl groups excluding tert-OH is 1. The molecule has 1 atom stereocenters. The Hall–Kier alpha value is -2.85. The van der Waals surface area contributed by atoms with Gasteiger partial charge < -0.3 is 20.6 Å². The Kier molecular flexibility index (Phi) is 4.76. The quantitative estimate of drug-likeness (QED) is 0.549. The monoisotopic (exact) mass is 300 g/mol. The van der Waals surface area contributed by atoms with Gasteiger partial charge in [-0.15, -0.1) is 0 Å². The topological polar surface area (TPSA) is 106 Å². The number of rotatable bonds is 6. The third kappa shape index (κ3) is 3.42. The fraction of sp³-hybridized carbons (Fsp3) is 0.267. The zero-order valence-electron chi connectivity index (χ0n) is 12.0. The van der Waals surface area contributed by atoms with Crippen molar-refractivity contribution in [3.8, 4) is 5.75 Å². The lowest BCUT2D eigenvalue weighted by molar-refractivity contribution is -0.114. The lowest BCUT2D eigenvalue weighted by Crippen LogP contribution is -2.16. The predicted molar refractivity (Wildman–Crippen MR) is 80.9 cm³/mol. The lowest BCUT2D eigenvalue weighted by atomic mass is 10.1. The van der Waals surface area contributed by atoms with Crippen molar-refractivity contribution in [1.82, 2.24) is 9.97 Å². The van der Waals surface area contributed by atoms with Gasteiger partial charge in [-0.05, 0) is 25.0 Å². The van der Waals surface area contributed by atoms with E-state index >= 15 is 0 Å². The van der Waals surface area contributed by atoms with Gasteiger partial charge in [0.1, 0.15) is 17.5 Å². The highest BCUT2D eigenvalue weighted by atomic mass is 16.5. The molecule has 2 rings (SSSR count). The number of ether oxygens (including phenoxy) is 1. The van der Waals surface area contributed by atoms with Crippen LogP contribution in [0, 0.1) is 6.57 Å². The summed E-state index contributed by atoms with van der Waals surface area (Å²) in [7, 11) is 0. The first-order chi connectivity index (χ1) is 10.5. The summed E-state index contributed by atoms with van der Waals surface area (Å²) < 4.78 is 5.52. The van der Waals surface area contributed by atoms with Gasteiger partial charge in [-0.1, -0.05) is 6.08 Å². The second-order valence-electron chi connectivity index (χ2n) is 4.76. The second kappa shape index (κ2) is 6.74. The van der Waals surface area contributed by atoms with Crippen LogP contribution in [0.2, 0.25) is 0 Å². The van der Waals surface area contributed by atoms with Crippen LogP contribution in [0.4, 0.5) is 0 Å². The van der Waals surface area contributed by atoms with Crippen LogP contribution in [0.15, 0.2) is 30.2 Å². The first-order valence-corrected chi connectivity index (χ1v) is 6.66. The van der Waals surface area contributed by atoms with E-state index in [0.717, 1.165) is 10.9 Å². The number of aromatic nitrogens is 2. The molecule has 1 amide bonds. The summed E-state index contributed by atoms with van der Waals surface area (Å²) in [6, 6.07) is 1.80. The van der Waals surface area contributed by atoms with Gasteiger partial charge in [0.25, 0.3) is 0 Å². The molecule has 1 unspecified atom stereocenters. The molecule has 2 aromatic rings. The molecule has 0 radical (unpaired) electrons. The predicted octanol–water partition coefficient (Wildman–Crippen LogP) is 1.15. The number of carbonyl (C=O) groups is 1. The van der Waals surface area contributed by atoms with Crippen LogP contribution in [0.3, 0.4) is 0 Å². The molecule has 0 aliphatic rings. The molecule has 0 aromatic carbocycles. The van der Waals surface area contributed by atoms with Crippen LogP contribution >= 0.6 is 0 Å². The van der Waals surface area contributed by atoms with Crippen LogP contribution in [0.25, 0.3) is 15.9 Å². The van der Waals surface area contributed by atoms with Crippen LogP contribution in [-0.2, 0) is 11.2 Å². The molecule has 2 aromatic heterocycles. The Morgan fingerprint density at radius 1 is 1.68 bits per heavy atom. The number of nitrogens with one attached hydrogen (secondary N) is 1. The minimum atomic E-state index is -0.742. The number of primary amides is 1. The number of carbonyl (C=O) groups excluding carboxylic acids is 1. The average molecular weight is 300 g/mol. The number of amides is 1. The normalized spacial score (nSPS) is 12.9. The van der Waals surface area contributed by atoms with Crippen molar-refractivity contribution in [2.75, 3.05) is 6.61 Å². The van der Waals surface area contributed by atoms with Gasteiger partial charge in [0.15, 0.2) is 0 Å². The Labute approximate surface area is 127 Å². The molecule has 2 heterocycles. The van der Waals surface area contributed by atoms with Crippen molar-refractivity contribution in [2.24, 2.45) is 5.73 Å². The zero-order valence-corrected chi connectivity index (χ0v) is 12.0. The summed E-state index contributed by atoms with van der Waals surface area (Å²) in [6.07, 6.45) is 4.86. The summed E-state index contributed by atoms with van der Waals surface area (Å²) in [4.78, 5) is 21.4. The molecule has 22 heavy (non-hydrogen) atoms. The van der Waals surface area contributed by atoms with E-state index in [1.807, 2.05) is 0 Å². The number of hydrogen-bond acceptors (Lipinski definition) is 4. The first kappa shape index (κ1) is 15.5. The number of nitrogens with two attached hydrogens (primary N) is 1. The van der Waals surface area contributed by atoms with Crippen LogP contribution < -0.4 is 10.5 Å². The van der Waals surface area contributed by atoms with Gasteiger partial charge in [0.2, 0.25) is 11.6 Å². The number of pyridine rings is 1. The van der Waals surface area contributed by atoms with Crippen molar-refractivity contribution in [3.05, 3.63) is 47.2 Å². The summed E-state index contributed by atoms with van der Waals surface area (Å²) in [5, 5.41) is 9.84. The Morgan fingerprint density at radius 3 is 3.09 bits per heavy atom. The van der Waals surface area contributed by atoms with Crippen molar-refractivity contribution >= 4 is 16.9 Å². The standard InChI is InChI=1S/C15H16N4O3/c1-9(8-20)22-11-5-12-10(6-18-15(12)19-7-11)3-4-13(17-2)14(16)21/h4-7,9,20H,3,8H2,1H3,(H2,16,21)(H,18,19)/b13-4-. The van der Waals surface area contributed by atoms with Gasteiger partial charge in [-0.3, -0.25) is 4.79 Å². The van der Waals surface area contributed by atoms with E-state index < -0.39 is 5.91 Å². The molecule has 114 valence electrons. The van der Waals surface area contributed by atoms with Crippen molar-refractivity contribution in [3.63, 3.8) is 0 Å². The SMILES string of the molecule is [C-]#[N+]/C(=C\Cc1c[nH]c2ncc(OC(C)CO)cc12)C(N)=O. The Balaban J connectivity index is 2.29. The number of nitrogens with zero attached hydrogens (tertiary/aromatic N) is 2. The summed E-state index contributed by atoms with van der Waals surface area (Å²) in [6.45, 7) is 8.57. The zero-order chi connectivity index (χ0) is 16.1. The van der Waals surface area contributed by atoms with Gasteiger partial charge >= 0.3 is 0 Å². The van der Waals surface area contributed by atoms with E-state index in [0.29, 0.717) is 17.8 Å². The van der Waals surface area contributed by atoms with E-state index in [2.05, 4.69) is 14.8 Å². The molecule has 7 nitrogen and oxygen atoms in total. The van der Waals surface area contributed by atoms with E-state index in [4.69, 9.17) is 22.1 Å². The highest BCUT2D eigenvalue weighted by Gasteiger charge is 2.09. The van der Waals surface area contributed by atoms with Gasteiger partial charge in [0.05, 0.1) is 19.4 Å². The van der Waals surface area contributed by atoms with E-state index in [9.17, 15) is 4.79 Å². The third-order valence-electron chi connectivity index (χ3n) is 3.07. The maximum absolute atomic E-state index is 11.0. The first-order valence-electron chi connectivity index (χ1n) is 6.66. The Bertz CT molecular complexity index is 758. The van der Waals surface area contributed by atoms with Gasteiger partial charge in [0, 0.05) is 11.6 Å².